The third kappa shape index (κ3) is 2.41. The molecule has 0 aromatic heterocycles. The van der Waals surface area contributed by atoms with Gasteiger partial charge in [0, 0.05) is 26.2 Å². The molecule has 0 aliphatic carbocycles. The zero-order valence-corrected chi connectivity index (χ0v) is 11.8. The van der Waals surface area contributed by atoms with E-state index in [-0.39, 0.29) is 6.09 Å². The fourth-order valence-corrected chi connectivity index (χ4v) is 3.18. The number of carbonyl (C=O) groups is 1. The molecule has 0 spiro atoms. The summed E-state index contributed by atoms with van der Waals surface area (Å²) in [6.07, 6.45) is 0.845. The molecule has 1 N–H and O–H groups in total. The molecule has 7 heteroatoms. The number of benzene rings is 1. The molecule has 2 aliphatic heterocycles. The summed E-state index contributed by atoms with van der Waals surface area (Å²) in [5.41, 5.74) is 2.27. The smallest absolute Gasteiger partial charge is 0.414 e. The van der Waals surface area contributed by atoms with Crippen LogP contribution in [-0.4, -0.2) is 42.2 Å². The summed E-state index contributed by atoms with van der Waals surface area (Å²) in [6.45, 7) is 6.23. The number of nitrogens with one attached hydrogen (secondary N) is 1. The Morgan fingerprint density at radius 1 is 1.30 bits per heavy atom. The zero-order chi connectivity index (χ0) is 13.9. The van der Waals surface area contributed by atoms with Crippen LogP contribution in [0.15, 0.2) is 37.1 Å². The number of fused-ring (bicyclic) bond motifs is 1. The maximum Gasteiger partial charge on any atom is 0.414 e. The van der Waals surface area contributed by atoms with Gasteiger partial charge in [0.1, 0.15) is 0 Å². The van der Waals surface area contributed by atoms with Crippen LogP contribution in [0.3, 0.4) is 0 Å². The SMILES string of the molecule is C=COC(=O)N1CCN(N2SNc3ccccc32)CC1. The summed E-state index contributed by atoms with van der Waals surface area (Å²) in [5, 5.41) is 2.22. The monoisotopic (exact) mass is 292 g/mol. The minimum absolute atomic E-state index is 0.327. The molecule has 3 rings (SSSR count). The normalized spacial score (nSPS) is 18.4. The number of carbonyl (C=O) groups excluding carboxylic acids is 1. The molecule has 20 heavy (non-hydrogen) atoms. The topological polar surface area (TPSA) is 48.1 Å². The Morgan fingerprint density at radius 2 is 2.05 bits per heavy atom. The largest absolute Gasteiger partial charge is 0.419 e. The zero-order valence-electron chi connectivity index (χ0n) is 11.0. The summed E-state index contributed by atoms with van der Waals surface area (Å²) in [5.74, 6) is 0. The van der Waals surface area contributed by atoms with E-state index in [9.17, 15) is 4.79 Å². The molecule has 1 aromatic carbocycles. The van der Waals surface area contributed by atoms with E-state index in [1.807, 2.05) is 12.1 Å². The number of anilines is 2. The van der Waals surface area contributed by atoms with Gasteiger partial charge < -0.3 is 14.4 Å². The van der Waals surface area contributed by atoms with Crippen LogP contribution < -0.4 is 9.14 Å². The van der Waals surface area contributed by atoms with Gasteiger partial charge in [-0.2, -0.15) is 0 Å². The average Bonchev–Trinajstić information content (AvgIpc) is 2.92. The number of hydrogen-bond acceptors (Lipinski definition) is 6. The van der Waals surface area contributed by atoms with Crippen molar-refractivity contribution in [2.75, 3.05) is 35.3 Å². The molecule has 0 radical (unpaired) electrons. The second-order valence-electron chi connectivity index (χ2n) is 4.47. The minimum Gasteiger partial charge on any atom is -0.419 e. The summed E-state index contributed by atoms with van der Waals surface area (Å²) in [6, 6.07) is 8.18. The molecule has 1 amide bonds. The highest BCUT2D eigenvalue weighted by atomic mass is 32.2. The second-order valence-corrected chi connectivity index (χ2v) is 5.21. The maximum absolute atomic E-state index is 11.6. The Bertz CT molecular complexity index is 517. The van der Waals surface area contributed by atoms with Crippen molar-refractivity contribution in [3.8, 4) is 0 Å². The van der Waals surface area contributed by atoms with Gasteiger partial charge in [-0.1, -0.05) is 18.7 Å². The van der Waals surface area contributed by atoms with E-state index in [2.05, 4.69) is 32.9 Å². The Kier molecular flexibility index (Phi) is 3.70. The van der Waals surface area contributed by atoms with Gasteiger partial charge in [-0.3, -0.25) is 0 Å². The number of hydrogen-bond donors (Lipinski definition) is 1. The Balaban J connectivity index is 1.62. The number of rotatable bonds is 2. The summed E-state index contributed by atoms with van der Waals surface area (Å²) < 4.78 is 10.2. The highest BCUT2D eigenvalue weighted by Gasteiger charge is 2.30. The van der Waals surface area contributed by atoms with Gasteiger partial charge >= 0.3 is 6.09 Å². The van der Waals surface area contributed by atoms with Crippen LogP contribution in [0.4, 0.5) is 16.2 Å². The van der Waals surface area contributed by atoms with E-state index in [4.69, 9.17) is 4.74 Å². The Labute approximate surface area is 122 Å². The number of nitrogens with zero attached hydrogens (tertiary/aromatic N) is 3. The number of hydrazine groups is 1. The van der Waals surface area contributed by atoms with Crippen LogP contribution in [0.5, 0.6) is 0 Å². The first-order valence-electron chi connectivity index (χ1n) is 6.43. The van der Waals surface area contributed by atoms with Gasteiger partial charge in [0.05, 0.1) is 29.8 Å². The van der Waals surface area contributed by atoms with Crippen molar-refractivity contribution in [2.24, 2.45) is 0 Å². The second kappa shape index (κ2) is 5.64. The molecule has 0 saturated carbocycles. The lowest BCUT2D eigenvalue weighted by atomic mass is 10.3. The first-order chi connectivity index (χ1) is 9.79. The maximum atomic E-state index is 11.6. The lowest BCUT2D eigenvalue weighted by Gasteiger charge is -2.38. The van der Waals surface area contributed by atoms with Crippen molar-refractivity contribution in [2.45, 2.75) is 0 Å². The van der Waals surface area contributed by atoms with Gasteiger partial charge in [-0.25, -0.2) is 14.2 Å². The standard InChI is InChI=1S/C13H16N4O2S/c1-2-19-13(18)15-7-9-16(10-8-15)17-12-6-4-3-5-11(12)14-20-17/h2-6,14H,1,7-10H2. The van der Waals surface area contributed by atoms with Crippen LogP contribution in [0.1, 0.15) is 0 Å². The number of piperazine rings is 1. The van der Waals surface area contributed by atoms with Crippen molar-refractivity contribution >= 4 is 29.6 Å². The Morgan fingerprint density at radius 3 is 2.80 bits per heavy atom. The average molecular weight is 292 g/mol. The van der Waals surface area contributed by atoms with Crippen LogP contribution in [0, 0.1) is 0 Å². The molecular formula is C13H16N4O2S. The molecule has 1 aromatic rings. The quantitative estimate of drug-likeness (QED) is 0.667. The molecule has 0 unspecified atom stereocenters. The molecule has 0 atom stereocenters. The highest BCUT2D eigenvalue weighted by molar-refractivity contribution is 8.02. The van der Waals surface area contributed by atoms with Gasteiger partial charge in [-0.15, -0.1) is 0 Å². The van der Waals surface area contributed by atoms with Crippen LogP contribution in [-0.2, 0) is 4.74 Å². The van der Waals surface area contributed by atoms with Crippen molar-refractivity contribution in [3.05, 3.63) is 37.1 Å². The number of amides is 1. The fourth-order valence-electron chi connectivity index (χ4n) is 2.28. The molecule has 2 heterocycles. The molecule has 6 nitrogen and oxygen atoms in total. The minimum atomic E-state index is -0.327. The van der Waals surface area contributed by atoms with E-state index in [0.717, 1.165) is 24.5 Å². The summed E-state index contributed by atoms with van der Waals surface area (Å²) in [4.78, 5) is 13.3. The first-order valence-corrected chi connectivity index (χ1v) is 7.20. The molecule has 2 aliphatic rings. The lowest BCUT2D eigenvalue weighted by Crippen LogP contribution is -2.52. The van der Waals surface area contributed by atoms with Gasteiger partial charge in [-0.05, 0) is 12.1 Å². The molecule has 0 bridgehead atoms. The Hall–Kier alpha value is -1.86. The third-order valence-corrected chi connectivity index (χ3v) is 4.22. The van der Waals surface area contributed by atoms with E-state index >= 15 is 0 Å². The van der Waals surface area contributed by atoms with Crippen LogP contribution in [0.2, 0.25) is 0 Å². The predicted octanol–water partition coefficient (Wildman–Crippen LogP) is 2.29. The summed E-state index contributed by atoms with van der Waals surface area (Å²) in [7, 11) is 0. The number of para-hydroxylation sites is 2. The van der Waals surface area contributed by atoms with Crippen molar-refractivity contribution in [1.29, 1.82) is 0 Å². The van der Waals surface area contributed by atoms with Gasteiger partial charge in [0.25, 0.3) is 0 Å². The van der Waals surface area contributed by atoms with E-state index in [1.54, 1.807) is 17.0 Å². The highest BCUT2D eigenvalue weighted by Crippen LogP contribution is 2.39. The van der Waals surface area contributed by atoms with E-state index < -0.39 is 0 Å². The van der Waals surface area contributed by atoms with Gasteiger partial charge in [0.2, 0.25) is 0 Å². The van der Waals surface area contributed by atoms with Crippen LogP contribution >= 0.6 is 12.1 Å². The molecule has 106 valence electrons. The lowest BCUT2D eigenvalue weighted by molar-refractivity contribution is 0.104. The fraction of sp³-hybridized carbons (Fsp3) is 0.308. The first kappa shape index (κ1) is 13.1. The molecular weight excluding hydrogens is 276 g/mol. The summed E-state index contributed by atoms with van der Waals surface area (Å²) >= 11 is 1.56. The predicted molar refractivity (Wildman–Crippen MR) is 80.0 cm³/mol. The van der Waals surface area contributed by atoms with Crippen LogP contribution in [0.25, 0.3) is 0 Å². The molecule has 1 fully saturated rings. The van der Waals surface area contributed by atoms with E-state index in [1.165, 1.54) is 6.26 Å². The van der Waals surface area contributed by atoms with Crippen molar-refractivity contribution < 1.29 is 9.53 Å². The van der Waals surface area contributed by atoms with Gasteiger partial charge in [0.15, 0.2) is 0 Å². The van der Waals surface area contributed by atoms with Crippen molar-refractivity contribution in [3.63, 3.8) is 0 Å². The van der Waals surface area contributed by atoms with Crippen molar-refractivity contribution in [1.82, 2.24) is 9.91 Å². The number of ether oxygens (including phenoxy) is 1. The van der Waals surface area contributed by atoms with E-state index in [0.29, 0.717) is 13.1 Å². The third-order valence-electron chi connectivity index (χ3n) is 3.31. The molecule has 1 saturated heterocycles.